The van der Waals surface area contributed by atoms with E-state index in [-0.39, 0.29) is 11.5 Å². The van der Waals surface area contributed by atoms with Gasteiger partial charge in [0.15, 0.2) is 0 Å². The van der Waals surface area contributed by atoms with Crippen molar-refractivity contribution < 1.29 is 9.18 Å². The average Bonchev–Trinajstić information content (AvgIpc) is 2.36. The number of nitrogens with one attached hydrogen (secondary N) is 1. The summed E-state index contributed by atoms with van der Waals surface area (Å²) in [5.41, 5.74) is 0.0814. The van der Waals surface area contributed by atoms with Gasteiger partial charge in [0.2, 0.25) is 0 Å². The van der Waals surface area contributed by atoms with E-state index >= 15 is 0 Å². The summed E-state index contributed by atoms with van der Waals surface area (Å²) in [5.74, 6) is -0.269. The second-order valence-electron chi connectivity index (χ2n) is 4.28. The van der Waals surface area contributed by atoms with Crippen molar-refractivity contribution in [1.82, 2.24) is 5.32 Å². The van der Waals surface area contributed by atoms with Crippen molar-refractivity contribution in [3.63, 3.8) is 0 Å². The van der Waals surface area contributed by atoms with E-state index in [0.29, 0.717) is 16.9 Å². The Hall–Kier alpha value is -0.420. The number of hydrogen-bond acceptors (Lipinski definition) is 1. The number of carbonyl (C=O) groups is 1. The quantitative estimate of drug-likeness (QED) is 0.583. The molecule has 1 unspecified atom stereocenters. The fourth-order valence-electron chi connectivity index (χ4n) is 1.50. The van der Waals surface area contributed by atoms with Gasteiger partial charge in [-0.25, -0.2) is 4.39 Å². The Morgan fingerprint density at radius 1 is 1.50 bits per heavy atom. The smallest absolute Gasteiger partial charge is 0.254 e. The van der Waals surface area contributed by atoms with Crippen LogP contribution in [-0.2, 0) is 0 Å². The monoisotopic (exact) mass is 379 g/mol. The van der Waals surface area contributed by atoms with E-state index in [1.807, 2.05) is 0 Å². The number of amides is 1. The number of alkyl halides is 1. The predicted octanol–water partition coefficient (Wildman–Crippen LogP) is 4.13. The van der Waals surface area contributed by atoms with Crippen LogP contribution < -0.4 is 5.32 Å². The Bertz CT molecular complexity index is 412. The SMILES string of the molecule is CC(CBr)CCCNC(=O)c1cc(Br)ccc1F. The minimum absolute atomic E-state index is 0.0814. The molecule has 0 aliphatic carbocycles. The van der Waals surface area contributed by atoms with Gasteiger partial charge in [-0.15, -0.1) is 0 Å². The first-order valence-electron chi connectivity index (χ1n) is 5.83. The Morgan fingerprint density at radius 3 is 2.89 bits per heavy atom. The second-order valence-corrected chi connectivity index (χ2v) is 5.84. The fraction of sp³-hybridized carbons (Fsp3) is 0.462. The Morgan fingerprint density at radius 2 is 2.22 bits per heavy atom. The summed E-state index contributed by atoms with van der Waals surface area (Å²) >= 11 is 6.63. The topological polar surface area (TPSA) is 29.1 Å². The van der Waals surface area contributed by atoms with E-state index in [0.717, 1.165) is 18.2 Å². The molecule has 2 nitrogen and oxygen atoms in total. The third-order valence-electron chi connectivity index (χ3n) is 2.60. The predicted molar refractivity (Wildman–Crippen MR) is 78.6 cm³/mol. The van der Waals surface area contributed by atoms with Gasteiger partial charge in [-0.2, -0.15) is 0 Å². The minimum Gasteiger partial charge on any atom is -0.352 e. The van der Waals surface area contributed by atoms with Gasteiger partial charge in [-0.05, 0) is 37.0 Å². The van der Waals surface area contributed by atoms with E-state index < -0.39 is 5.82 Å². The van der Waals surface area contributed by atoms with Gasteiger partial charge in [0.25, 0.3) is 5.91 Å². The molecule has 0 saturated carbocycles. The van der Waals surface area contributed by atoms with Crippen LogP contribution in [0.5, 0.6) is 0 Å². The van der Waals surface area contributed by atoms with E-state index in [4.69, 9.17) is 0 Å². The molecule has 0 heterocycles. The van der Waals surface area contributed by atoms with Gasteiger partial charge < -0.3 is 5.32 Å². The number of benzene rings is 1. The van der Waals surface area contributed by atoms with Crippen LogP contribution in [0.1, 0.15) is 30.1 Å². The van der Waals surface area contributed by atoms with Crippen LogP contribution in [0.25, 0.3) is 0 Å². The van der Waals surface area contributed by atoms with Crippen molar-refractivity contribution in [1.29, 1.82) is 0 Å². The highest BCUT2D eigenvalue weighted by Crippen LogP contribution is 2.15. The summed E-state index contributed by atoms with van der Waals surface area (Å²) in [7, 11) is 0. The molecule has 1 aromatic carbocycles. The molecule has 0 aliphatic rings. The van der Waals surface area contributed by atoms with Crippen LogP contribution in [0.4, 0.5) is 4.39 Å². The average molecular weight is 381 g/mol. The Balaban J connectivity index is 2.43. The van der Waals surface area contributed by atoms with E-state index in [1.165, 1.54) is 12.1 Å². The minimum atomic E-state index is -0.496. The summed E-state index contributed by atoms with van der Waals surface area (Å²) in [5, 5.41) is 3.69. The number of hydrogen-bond donors (Lipinski definition) is 1. The van der Waals surface area contributed by atoms with Gasteiger partial charge in [-0.1, -0.05) is 38.8 Å². The van der Waals surface area contributed by atoms with Crippen LogP contribution in [0.15, 0.2) is 22.7 Å². The molecule has 100 valence electrons. The first kappa shape index (κ1) is 15.6. The lowest BCUT2D eigenvalue weighted by atomic mass is 10.1. The van der Waals surface area contributed by atoms with Gasteiger partial charge in [0.05, 0.1) is 5.56 Å². The fourth-order valence-corrected chi connectivity index (χ4v) is 2.18. The summed E-state index contributed by atoms with van der Waals surface area (Å²) in [4.78, 5) is 11.8. The molecule has 0 aromatic heterocycles. The molecule has 1 N–H and O–H groups in total. The molecule has 0 aliphatic heterocycles. The summed E-state index contributed by atoms with van der Waals surface area (Å²) in [6, 6.07) is 4.35. The highest BCUT2D eigenvalue weighted by Gasteiger charge is 2.11. The zero-order chi connectivity index (χ0) is 13.5. The lowest BCUT2D eigenvalue weighted by molar-refractivity contribution is 0.0948. The number of rotatable bonds is 6. The summed E-state index contributed by atoms with van der Waals surface area (Å²) in [6.45, 7) is 2.71. The molecule has 0 radical (unpaired) electrons. The maximum Gasteiger partial charge on any atom is 0.254 e. The third-order valence-corrected chi connectivity index (χ3v) is 4.19. The normalized spacial score (nSPS) is 12.2. The van der Waals surface area contributed by atoms with Crippen LogP contribution in [0.2, 0.25) is 0 Å². The van der Waals surface area contributed by atoms with Crippen LogP contribution in [-0.4, -0.2) is 17.8 Å². The first-order chi connectivity index (χ1) is 8.54. The Labute approximate surface area is 124 Å². The molecular formula is C13H16Br2FNO. The van der Waals surface area contributed by atoms with E-state index in [9.17, 15) is 9.18 Å². The Kier molecular flexibility index (Phi) is 6.86. The molecule has 1 rings (SSSR count). The van der Waals surface area contributed by atoms with Crippen molar-refractivity contribution >= 4 is 37.8 Å². The lowest BCUT2D eigenvalue weighted by Gasteiger charge is -2.09. The molecule has 1 aromatic rings. The molecule has 1 atom stereocenters. The lowest BCUT2D eigenvalue weighted by Crippen LogP contribution is -2.25. The molecule has 5 heteroatoms. The zero-order valence-electron chi connectivity index (χ0n) is 10.2. The first-order valence-corrected chi connectivity index (χ1v) is 7.75. The largest absolute Gasteiger partial charge is 0.352 e. The van der Waals surface area contributed by atoms with Gasteiger partial charge in [-0.3, -0.25) is 4.79 Å². The molecule has 0 saturated heterocycles. The second kappa shape index (κ2) is 7.89. The van der Waals surface area contributed by atoms with Gasteiger partial charge in [0, 0.05) is 16.3 Å². The molecule has 0 spiro atoms. The molecular weight excluding hydrogens is 365 g/mol. The van der Waals surface area contributed by atoms with E-state index in [1.54, 1.807) is 6.07 Å². The number of halogens is 3. The number of carbonyl (C=O) groups excluding carboxylic acids is 1. The third kappa shape index (κ3) is 5.06. The van der Waals surface area contributed by atoms with Crippen molar-refractivity contribution in [3.8, 4) is 0 Å². The van der Waals surface area contributed by atoms with Crippen molar-refractivity contribution in [3.05, 3.63) is 34.1 Å². The van der Waals surface area contributed by atoms with E-state index in [2.05, 4.69) is 44.1 Å². The molecule has 18 heavy (non-hydrogen) atoms. The maximum atomic E-state index is 13.4. The van der Waals surface area contributed by atoms with Gasteiger partial charge >= 0.3 is 0 Å². The van der Waals surface area contributed by atoms with Crippen molar-refractivity contribution in [2.75, 3.05) is 11.9 Å². The summed E-state index contributed by atoms with van der Waals surface area (Å²) < 4.78 is 14.1. The standard InChI is InChI=1S/C13H16Br2FNO/c1-9(8-14)3-2-6-17-13(18)11-7-10(15)4-5-12(11)16/h4-5,7,9H,2-3,6,8H2,1H3,(H,17,18). The van der Waals surface area contributed by atoms with Gasteiger partial charge in [0.1, 0.15) is 5.82 Å². The highest BCUT2D eigenvalue weighted by molar-refractivity contribution is 9.10. The zero-order valence-corrected chi connectivity index (χ0v) is 13.4. The summed E-state index contributed by atoms with van der Waals surface area (Å²) in [6.07, 6.45) is 1.93. The molecule has 0 fully saturated rings. The van der Waals surface area contributed by atoms with Crippen LogP contribution in [0.3, 0.4) is 0 Å². The van der Waals surface area contributed by atoms with Crippen molar-refractivity contribution in [2.24, 2.45) is 5.92 Å². The van der Waals surface area contributed by atoms with Crippen molar-refractivity contribution in [2.45, 2.75) is 19.8 Å². The highest BCUT2D eigenvalue weighted by atomic mass is 79.9. The molecule has 0 bridgehead atoms. The maximum absolute atomic E-state index is 13.4. The molecule has 1 amide bonds. The van der Waals surface area contributed by atoms with Crippen LogP contribution >= 0.6 is 31.9 Å². The van der Waals surface area contributed by atoms with Crippen LogP contribution in [0, 0.1) is 11.7 Å².